The maximum Gasteiger partial charge on any atom is 0.458 e. The van der Waals surface area contributed by atoms with Crippen LogP contribution in [0.25, 0.3) is 0 Å². The van der Waals surface area contributed by atoms with Gasteiger partial charge in [0.1, 0.15) is 0 Å². The van der Waals surface area contributed by atoms with Gasteiger partial charge < -0.3 is 9.31 Å². The van der Waals surface area contributed by atoms with Crippen LogP contribution in [0.1, 0.15) is 54.9 Å². The van der Waals surface area contributed by atoms with E-state index in [1.165, 1.54) is 0 Å². The van der Waals surface area contributed by atoms with Crippen molar-refractivity contribution in [2.45, 2.75) is 61.2 Å². The lowest BCUT2D eigenvalue weighted by atomic mass is 9.76. The van der Waals surface area contributed by atoms with E-state index in [2.05, 4.69) is 47.6 Å². The maximum atomic E-state index is 9.07. The number of hydrogen-bond acceptors (Lipinski definition) is 3. The third-order valence-electron chi connectivity index (χ3n) is 2.56. The molecule has 1 unspecified atom stereocenters. The lowest BCUT2D eigenvalue weighted by Crippen LogP contribution is -2.32. The molecule has 0 rings (SSSR count). The topological polar surface area (TPSA) is 42.2 Å². The van der Waals surface area contributed by atoms with Crippen LogP contribution in [-0.2, 0) is 9.31 Å². The Kier molecular flexibility index (Phi) is 7.70. The molecule has 3 nitrogen and oxygen atoms in total. The van der Waals surface area contributed by atoms with Crippen LogP contribution in [0.2, 0.25) is 6.32 Å². The fourth-order valence-electron chi connectivity index (χ4n) is 1.41. The Morgan fingerprint density at radius 3 is 1.68 bits per heavy atom. The lowest BCUT2D eigenvalue weighted by Gasteiger charge is -2.26. The molecule has 0 saturated carbocycles. The molecule has 0 radical (unpaired) electrons. The minimum atomic E-state index is -0.275. The Labute approximate surface area is 119 Å². The molecular formula is C15H30BNO2. The predicted octanol–water partition coefficient (Wildman–Crippen LogP) is 4.15. The second-order valence-electron chi connectivity index (χ2n) is 7.64. The molecule has 0 N–H and O–H groups in total. The lowest BCUT2D eigenvalue weighted by molar-refractivity contribution is 0.110. The molecule has 0 saturated heterocycles. The van der Waals surface area contributed by atoms with Gasteiger partial charge in [-0.15, -0.1) is 0 Å². The highest BCUT2D eigenvalue weighted by Gasteiger charge is 2.27. The molecular weight excluding hydrogens is 237 g/mol. The van der Waals surface area contributed by atoms with E-state index in [-0.39, 0.29) is 23.9 Å². The van der Waals surface area contributed by atoms with E-state index in [0.717, 1.165) is 6.42 Å². The number of nitriles is 1. The quantitative estimate of drug-likeness (QED) is 0.651. The Morgan fingerprint density at radius 1 is 1.00 bits per heavy atom. The SMILES string of the molecule is CCC(C#N)CB(OCC(C)(C)C)OCC(C)(C)C. The van der Waals surface area contributed by atoms with Crippen LogP contribution in [0.4, 0.5) is 0 Å². The summed E-state index contributed by atoms with van der Waals surface area (Å²) in [5.74, 6) is 0.00457. The summed E-state index contributed by atoms with van der Waals surface area (Å²) in [6, 6.07) is 2.32. The van der Waals surface area contributed by atoms with Gasteiger partial charge >= 0.3 is 7.12 Å². The van der Waals surface area contributed by atoms with Gasteiger partial charge in [-0.05, 0) is 23.6 Å². The van der Waals surface area contributed by atoms with Crippen molar-refractivity contribution in [3.63, 3.8) is 0 Å². The Morgan fingerprint density at radius 2 is 1.42 bits per heavy atom. The van der Waals surface area contributed by atoms with Gasteiger partial charge in [-0.1, -0.05) is 48.5 Å². The summed E-state index contributed by atoms with van der Waals surface area (Å²) in [6.07, 6.45) is 1.49. The molecule has 0 fully saturated rings. The van der Waals surface area contributed by atoms with E-state index in [1.807, 2.05) is 6.92 Å². The van der Waals surface area contributed by atoms with Crippen molar-refractivity contribution >= 4 is 7.12 Å². The van der Waals surface area contributed by atoms with Crippen LogP contribution in [0.3, 0.4) is 0 Å². The van der Waals surface area contributed by atoms with Crippen molar-refractivity contribution < 1.29 is 9.31 Å². The van der Waals surface area contributed by atoms with Crippen LogP contribution in [0.5, 0.6) is 0 Å². The number of rotatable bonds is 7. The van der Waals surface area contributed by atoms with Crippen molar-refractivity contribution in [3.05, 3.63) is 0 Å². The summed E-state index contributed by atoms with van der Waals surface area (Å²) in [7, 11) is -0.275. The molecule has 0 aliphatic heterocycles. The summed E-state index contributed by atoms with van der Waals surface area (Å²) in [6.45, 7) is 16.1. The van der Waals surface area contributed by atoms with Crippen molar-refractivity contribution in [1.82, 2.24) is 0 Å². The van der Waals surface area contributed by atoms with Gasteiger partial charge in [0.15, 0.2) is 0 Å². The molecule has 1 atom stereocenters. The monoisotopic (exact) mass is 267 g/mol. The standard InChI is InChI=1S/C15H30BNO2/c1-8-13(10-17)9-16(18-11-14(2,3)4)19-12-15(5,6)7/h13H,8-9,11-12H2,1-7H3. The highest BCUT2D eigenvalue weighted by molar-refractivity contribution is 6.44. The first-order valence-corrected chi connectivity index (χ1v) is 7.20. The molecule has 0 aromatic rings. The molecule has 0 bridgehead atoms. The summed E-state index contributed by atoms with van der Waals surface area (Å²) in [4.78, 5) is 0. The zero-order chi connectivity index (χ0) is 15.1. The van der Waals surface area contributed by atoms with E-state index in [0.29, 0.717) is 19.5 Å². The van der Waals surface area contributed by atoms with E-state index >= 15 is 0 Å². The molecule has 0 spiro atoms. The zero-order valence-corrected chi connectivity index (χ0v) is 13.7. The minimum Gasteiger partial charge on any atom is -0.411 e. The molecule has 110 valence electrons. The van der Waals surface area contributed by atoms with Crippen LogP contribution < -0.4 is 0 Å². The van der Waals surface area contributed by atoms with Crippen molar-refractivity contribution in [1.29, 1.82) is 5.26 Å². The Hall–Kier alpha value is -0.525. The van der Waals surface area contributed by atoms with Gasteiger partial charge in [-0.3, -0.25) is 0 Å². The fraction of sp³-hybridized carbons (Fsp3) is 0.933. The summed E-state index contributed by atoms with van der Waals surface area (Å²) < 4.78 is 11.7. The molecule has 0 amide bonds. The van der Waals surface area contributed by atoms with Crippen LogP contribution in [-0.4, -0.2) is 20.3 Å². The highest BCUT2D eigenvalue weighted by Crippen LogP contribution is 2.20. The second kappa shape index (κ2) is 7.92. The highest BCUT2D eigenvalue weighted by atomic mass is 16.6. The van der Waals surface area contributed by atoms with Crippen molar-refractivity contribution in [2.24, 2.45) is 16.7 Å². The van der Waals surface area contributed by atoms with Gasteiger partial charge in [0, 0.05) is 19.1 Å². The van der Waals surface area contributed by atoms with Gasteiger partial charge in [0.2, 0.25) is 0 Å². The first kappa shape index (κ1) is 18.5. The Balaban J connectivity index is 4.42. The molecule has 4 heteroatoms. The van der Waals surface area contributed by atoms with Gasteiger partial charge in [0.25, 0.3) is 0 Å². The minimum absolute atomic E-state index is 0.00457. The molecule has 0 heterocycles. The Bertz CT molecular complexity index is 268. The number of hydrogen-bond donors (Lipinski definition) is 0. The van der Waals surface area contributed by atoms with E-state index in [1.54, 1.807) is 0 Å². The average Bonchev–Trinajstić information content (AvgIpc) is 2.25. The zero-order valence-electron chi connectivity index (χ0n) is 13.7. The average molecular weight is 267 g/mol. The molecule has 19 heavy (non-hydrogen) atoms. The molecule has 0 aliphatic carbocycles. The molecule has 0 aromatic heterocycles. The molecule has 0 aromatic carbocycles. The van der Waals surface area contributed by atoms with E-state index < -0.39 is 0 Å². The smallest absolute Gasteiger partial charge is 0.411 e. The molecule has 0 aliphatic rings. The maximum absolute atomic E-state index is 9.07. The van der Waals surface area contributed by atoms with Crippen LogP contribution in [0.15, 0.2) is 0 Å². The van der Waals surface area contributed by atoms with Gasteiger partial charge in [-0.2, -0.15) is 5.26 Å². The van der Waals surface area contributed by atoms with Crippen LogP contribution in [0, 0.1) is 28.1 Å². The summed E-state index contributed by atoms with van der Waals surface area (Å²) >= 11 is 0. The van der Waals surface area contributed by atoms with Gasteiger partial charge in [0.05, 0.1) is 6.07 Å². The van der Waals surface area contributed by atoms with E-state index in [4.69, 9.17) is 14.6 Å². The van der Waals surface area contributed by atoms with Crippen molar-refractivity contribution in [2.75, 3.05) is 13.2 Å². The van der Waals surface area contributed by atoms with Gasteiger partial charge in [-0.25, -0.2) is 0 Å². The van der Waals surface area contributed by atoms with Crippen LogP contribution >= 0.6 is 0 Å². The first-order valence-electron chi connectivity index (χ1n) is 7.20. The number of nitrogens with zero attached hydrogens (tertiary/aromatic N) is 1. The largest absolute Gasteiger partial charge is 0.458 e. The summed E-state index contributed by atoms with van der Waals surface area (Å²) in [5, 5.41) is 9.07. The third-order valence-corrected chi connectivity index (χ3v) is 2.56. The fourth-order valence-corrected chi connectivity index (χ4v) is 1.41. The third kappa shape index (κ3) is 11.0. The first-order chi connectivity index (χ1) is 8.57. The second-order valence-corrected chi connectivity index (χ2v) is 7.64. The van der Waals surface area contributed by atoms with E-state index in [9.17, 15) is 0 Å². The predicted molar refractivity (Wildman–Crippen MR) is 80.8 cm³/mol. The summed E-state index contributed by atoms with van der Waals surface area (Å²) in [5.41, 5.74) is 0.218. The van der Waals surface area contributed by atoms with Crippen molar-refractivity contribution in [3.8, 4) is 6.07 Å². The normalized spacial score (nSPS) is 14.0.